The van der Waals surface area contributed by atoms with E-state index in [2.05, 4.69) is 6.92 Å². The molecular formula is C18H25F3OS. The molecule has 0 aliphatic heterocycles. The smallest absolute Gasteiger partial charge is 0.290 e. The van der Waals surface area contributed by atoms with Crippen LogP contribution in [0.25, 0.3) is 0 Å². The molecule has 5 heteroatoms. The van der Waals surface area contributed by atoms with Gasteiger partial charge in [-0.15, -0.1) is 11.8 Å². The third-order valence-corrected chi connectivity index (χ3v) is 4.93. The van der Waals surface area contributed by atoms with Crippen molar-refractivity contribution in [2.75, 3.05) is 0 Å². The fraction of sp³-hybridized carbons (Fsp3) is 0.611. The van der Waals surface area contributed by atoms with Crippen molar-refractivity contribution >= 4 is 17.5 Å². The second kappa shape index (κ2) is 10.7. The van der Waals surface area contributed by atoms with E-state index in [0.717, 1.165) is 24.2 Å². The summed E-state index contributed by atoms with van der Waals surface area (Å²) >= 11 is 1.38. The molecule has 0 aliphatic rings. The molecule has 0 spiro atoms. The molecule has 1 aromatic rings. The van der Waals surface area contributed by atoms with Crippen molar-refractivity contribution < 1.29 is 18.0 Å². The molecule has 0 N–H and O–H groups in total. The molecule has 0 saturated heterocycles. The molecule has 1 atom stereocenters. The number of halogens is 3. The van der Waals surface area contributed by atoms with E-state index in [4.69, 9.17) is 0 Å². The lowest BCUT2D eigenvalue weighted by Crippen LogP contribution is -2.26. The summed E-state index contributed by atoms with van der Waals surface area (Å²) in [5, 5.41) is -0.308. The Morgan fingerprint density at radius 2 is 1.65 bits per heavy atom. The monoisotopic (exact) mass is 346 g/mol. The summed E-state index contributed by atoms with van der Waals surface area (Å²) in [5.41, 5.74) is 0. The lowest BCUT2D eigenvalue weighted by atomic mass is 10.1. The predicted molar refractivity (Wildman–Crippen MR) is 89.8 cm³/mol. The summed E-state index contributed by atoms with van der Waals surface area (Å²) in [6.45, 7) is 2.15. The van der Waals surface area contributed by atoms with Crippen LogP contribution in [0.2, 0.25) is 0 Å². The van der Waals surface area contributed by atoms with Crippen molar-refractivity contribution in [3.8, 4) is 0 Å². The molecule has 0 bridgehead atoms. The van der Waals surface area contributed by atoms with Gasteiger partial charge in [0.25, 0.3) is 0 Å². The Hall–Kier alpha value is -0.970. The van der Waals surface area contributed by atoms with Crippen molar-refractivity contribution in [1.29, 1.82) is 0 Å². The maximum atomic E-state index is 12.5. The lowest BCUT2D eigenvalue weighted by Gasteiger charge is -2.17. The molecule has 0 heterocycles. The first-order valence-electron chi connectivity index (χ1n) is 8.25. The van der Waals surface area contributed by atoms with Crippen LogP contribution in [0.3, 0.4) is 0 Å². The standard InChI is InChI=1S/C18H25F3OS/c1-2-3-4-5-6-8-13-16(14-17(22)18(19,20)21)23-15-11-9-7-10-12-15/h7,9-12,16H,2-6,8,13-14H2,1H3. The average molecular weight is 346 g/mol. The van der Waals surface area contributed by atoms with Crippen LogP contribution in [0.1, 0.15) is 58.3 Å². The number of thioether (sulfide) groups is 1. The number of benzene rings is 1. The van der Waals surface area contributed by atoms with Crippen LogP contribution < -0.4 is 0 Å². The van der Waals surface area contributed by atoms with Crippen LogP contribution in [0.4, 0.5) is 13.2 Å². The van der Waals surface area contributed by atoms with Gasteiger partial charge in [-0.3, -0.25) is 4.79 Å². The number of hydrogen-bond donors (Lipinski definition) is 0. The number of rotatable bonds is 11. The van der Waals surface area contributed by atoms with Gasteiger partial charge < -0.3 is 0 Å². The van der Waals surface area contributed by atoms with Crippen LogP contribution in [-0.4, -0.2) is 17.2 Å². The molecule has 1 aromatic carbocycles. The Morgan fingerprint density at radius 3 is 2.26 bits per heavy atom. The highest BCUT2D eigenvalue weighted by molar-refractivity contribution is 8.00. The van der Waals surface area contributed by atoms with E-state index >= 15 is 0 Å². The van der Waals surface area contributed by atoms with Crippen LogP contribution in [0, 0.1) is 0 Å². The van der Waals surface area contributed by atoms with E-state index in [1.54, 1.807) is 0 Å². The quantitative estimate of drug-likeness (QED) is 0.340. The molecule has 1 nitrogen and oxygen atoms in total. The van der Waals surface area contributed by atoms with Crippen molar-refractivity contribution in [2.45, 2.75) is 74.6 Å². The summed E-state index contributed by atoms with van der Waals surface area (Å²) in [6, 6.07) is 9.33. The van der Waals surface area contributed by atoms with Crippen LogP contribution in [0.5, 0.6) is 0 Å². The van der Waals surface area contributed by atoms with Gasteiger partial charge >= 0.3 is 6.18 Å². The van der Waals surface area contributed by atoms with Crippen LogP contribution in [-0.2, 0) is 4.79 Å². The first-order chi connectivity index (χ1) is 10.9. The molecule has 1 rings (SSSR count). The minimum absolute atomic E-state index is 0.308. The molecule has 130 valence electrons. The number of unbranched alkanes of at least 4 members (excludes halogenated alkanes) is 5. The molecule has 0 radical (unpaired) electrons. The van der Waals surface area contributed by atoms with Crippen LogP contribution >= 0.6 is 11.8 Å². The Balaban J connectivity index is 2.49. The number of hydrogen-bond acceptors (Lipinski definition) is 2. The molecule has 0 saturated carbocycles. The van der Waals surface area contributed by atoms with Crippen LogP contribution in [0.15, 0.2) is 35.2 Å². The molecule has 1 unspecified atom stereocenters. The molecular weight excluding hydrogens is 321 g/mol. The number of alkyl halides is 3. The van der Waals surface area contributed by atoms with Crippen molar-refractivity contribution in [3.05, 3.63) is 30.3 Å². The maximum absolute atomic E-state index is 12.5. The van der Waals surface area contributed by atoms with Gasteiger partial charge in [0.1, 0.15) is 0 Å². The molecule has 23 heavy (non-hydrogen) atoms. The number of carbonyl (C=O) groups excluding carboxylic acids is 1. The zero-order valence-electron chi connectivity index (χ0n) is 13.6. The van der Waals surface area contributed by atoms with E-state index in [1.807, 2.05) is 30.3 Å². The zero-order chi connectivity index (χ0) is 17.1. The zero-order valence-corrected chi connectivity index (χ0v) is 14.4. The van der Waals surface area contributed by atoms with E-state index in [0.29, 0.717) is 6.42 Å². The van der Waals surface area contributed by atoms with Gasteiger partial charge in [-0.05, 0) is 18.6 Å². The number of carbonyl (C=O) groups is 1. The summed E-state index contributed by atoms with van der Waals surface area (Å²) in [7, 11) is 0. The molecule has 0 aromatic heterocycles. The SMILES string of the molecule is CCCCCCCCC(CC(=O)C(F)(F)F)Sc1ccccc1. The van der Waals surface area contributed by atoms with Crippen molar-refractivity contribution in [2.24, 2.45) is 0 Å². The predicted octanol–water partition coefficient (Wildman–Crippen LogP) is 6.42. The van der Waals surface area contributed by atoms with Gasteiger partial charge in [0.15, 0.2) is 0 Å². The Kier molecular flexibility index (Phi) is 9.37. The normalized spacial score (nSPS) is 13.0. The summed E-state index contributed by atoms with van der Waals surface area (Å²) in [6.07, 6.45) is 2.05. The van der Waals surface area contributed by atoms with Gasteiger partial charge in [-0.25, -0.2) is 0 Å². The van der Waals surface area contributed by atoms with Gasteiger partial charge in [-0.2, -0.15) is 13.2 Å². The maximum Gasteiger partial charge on any atom is 0.450 e. The highest BCUT2D eigenvalue weighted by Gasteiger charge is 2.39. The highest BCUT2D eigenvalue weighted by atomic mass is 32.2. The first kappa shape index (κ1) is 20.1. The second-order valence-corrected chi connectivity index (χ2v) is 7.11. The fourth-order valence-corrected chi connectivity index (χ4v) is 3.59. The van der Waals surface area contributed by atoms with E-state index in [1.165, 1.54) is 31.0 Å². The van der Waals surface area contributed by atoms with Gasteiger partial charge in [0.05, 0.1) is 0 Å². The topological polar surface area (TPSA) is 17.1 Å². The lowest BCUT2D eigenvalue weighted by molar-refractivity contribution is -0.171. The Morgan fingerprint density at radius 1 is 1.04 bits per heavy atom. The highest BCUT2D eigenvalue weighted by Crippen LogP contribution is 2.31. The van der Waals surface area contributed by atoms with Gasteiger partial charge in [0.2, 0.25) is 5.78 Å². The van der Waals surface area contributed by atoms with E-state index in [9.17, 15) is 18.0 Å². The summed E-state index contributed by atoms with van der Waals surface area (Å²) < 4.78 is 37.6. The van der Waals surface area contributed by atoms with Crippen molar-refractivity contribution in [3.63, 3.8) is 0 Å². The van der Waals surface area contributed by atoms with Gasteiger partial charge in [-0.1, -0.05) is 63.6 Å². The average Bonchev–Trinajstić information content (AvgIpc) is 2.50. The molecule has 0 fully saturated rings. The minimum Gasteiger partial charge on any atom is -0.290 e. The third-order valence-electron chi connectivity index (χ3n) is 3.65. The largest absolute Gasteiger partial charge is 0.450 e. The number of ketones is 1. The summed E-state index contributed by atoms with van der Waals surface area (Å²) in [4.78, 5) is 12.2. The molecule has 0 amide bonds. The summed E-state index contributed by atoms with van der Waals surface area (Å²) in [5.74, 6) is -1.61. The minimum atomic E-state index is -4.73. The Bertz CT molecular complexity index is 445. The third kappa shape index (κ3) is 9.04. The molecule has 0 aliphatic carbocycles. The first-order valence-corrected chi connectivity index (χ1v) is 9.13. The Labute approximate surface area is 141 Å². The number of Topliss-reactive ketones (excluding diaryl/α,β-unsaturated/α-hetero) is 1. The fourth-order valence-electron chi connectivity index (χ4n) is 2.37. The van der Waals surface area contributed by atoms with E-state index < -0.39 is 18.4 Å². The van der Waals surface area contributed by atoms with Crippen molar-refractivity contribution in [1.82, 2.24) is 0 Å². The second-order valence-electron chi connectivity index (χ2n) is 5.73. The van der Waals surface area contributed by atoms with E-state index in [-0.39, 0.29) is 5.25 Å². The van der Waals surface area contributed by atoms with Gasteiger partial charge in [0, 0.05) is 16.6 Å².